The van der Waals surface area contributed by atoms with Crippen LogP contribution in [0, 0.1) is 12.3 Å². The molecular weight excluding hydrogens is 342 g/mol. The molecule has 0 aliphatic heterocycles. The van der Waals surface area contributed by atoms with Crippen molar-refractivity contribution in [2.45, 2.75) is 46.6 Å². The third kappa shape index (κ3) is 3.37. The largest absolute Gasteiger partial charge is 0.352 e. The second-order valence-electron chi connectivity index (χ2n) is 6.71. The Morgan fingerprint density at radius 3 is 2.74 bits per heavy atom. The van der Waals surface area contributed by atoms with Crippen LogP contribution in [0.4, 0.5) is 0 Å². The molecule has 0 bridgehead atoms. The lowest BCUT2D eigenvalue weighted by molar-refractivity contribution is 0.0950. The van der Waals surface area contributed by atoms with Crippen molar-refractivity contribution >= 4 is 22.6 Å². The van der Waals surface area contributed by atoms with E-state index in [0.29, 0.717) is 29.8 Å². The van der Waals surface area contributed by atoms with Crippen molar-refractivity contribution in [2.75, 3.05) is 6.54 Å². The van der Waals surface area contributed by atoms with Gasteiger partial charge in [-0.25, -0.2) is 4.98 Å². The Labute approximate surface area is 157 Å². The van der Waals surface area contributed by atoms with E-state index in [0.717, 1.165) is 24.8 Å². The van der Waals surface area contributed by atoms with Crippen molar-refractivity contribution in [1.82, 2.24) is 19.3 Å². The molecule has 0 aliphatic carbocycles. The van der Waals surface area contributed by atoms with Crippen LogP contribution in [-0.2, 0) is 6.54 Å². The fraction of sp³-hybridized carbons (Fsp3) is 0.400. The Morgan fingerprint density at radius 1 is 1.26 bits per heavy atom. The number of pyridine rings is 2. The maximum atomic E-state index is 13.1. The second kappa shape index (κ2) is 7.73. The lowest BCUT2D eigenvalue weighted by Crippen LogP contribution is -2.35. The van der Waals surface area contributed by atoms with Crippen LogP contribution < -0.4 is 16.4 Å². The summed E-state index contributed by atoms with van der Waals surface area (Å²) in [6.07, 6.45) is 4.28. The predicted octanol–water partition coefficient (Wildman–Crippen LogP) is 2.38. The highest BCUT2D eigenvalue weighted by Gasteiger charge is 2.17. The predicted molar refractivity (Wildman–Crippen MR) is 105 cm³/mol. The molecule has 3 heterocycles. The van der Waals surface area contributed by atoms with E-state index < -0.39 is 0 Å². The number of carbonyl (C=O) groups is 1. The van der Waals surface area contributed by atoms with Gasteiger partial charge in [-0.1, -0.05) is 26.3 Å². The fourth-order valence-electron chi connectivity index (χ4n) is 3.18. The quantitative estimate of drug-likeness (QED) is 0.517. The maximum Gasteiger partial charge on any atom is 0.267 e. The molecule has 0 saturated heterocycles. The molecule has 3 rings (SSSR count). The molecule has 0 saturated carbocycles. The highest BCUT2D eigenvalue weighted by molar-refractivity contribution is 5.96. The highest BCUT2D eigenvalue weighted by Crippen LogP contribution is 2.13. The summed E-state index contributed by atoms with van der Waals surface area (Å²) in [5.74, 6) is -0.325. The first-order valence-corrected chi connectivity index (χ1v) is 9.37. The summed E-state index contributed by atoms with van der Waals surface area (Å²) in [6.45, 7) is 7.00. The highest BCUT2D eigenvalue weighted by atomic mass is 16.1. The number of carbonyl (C=O) groups excluding carboxylic acids is 1. The van der Waals surface area contributed by atoms with Gasteiger partial charge in [-0.2, -0.15) is 0 Å². The van der Waals surface area contributed by atoms with E-state index in [2.05, 4.69) is 10.3 Å². The number of aromatic nitrogens is 3. The van der Waals surface area contributed by atoms with Gasteiger partial charge in [-0.15, -0.1) is 0 Å². The minimum absolute atomic E-state index is 0.0863. The van der Waals surface area contributed by atoms with Crippen LogP contribution in [0.3, 0.4) is 0 Å². The molecular formula is C20H25N5O2. The van der Waals surface area contributed by atoms with Gasteiger partial charge in [0, 0.05) is 19.3 Å². The van der Waals surface area contributed by atoms with Crippen LogP contribution in [0.15, 0.2) is 29.2 Å². The Bertz CT molecular complexity index is 1130. The van der Waals surface area contributed by atoms with E-state index in [9.17, 15) is 9.59 Å². The Balaban J connectivity index is 2.31. The number of nitrogens with one attached hydrogen (secondary N) is 2. The molecule has 3 aromatic heterocycles. The molecule has 3 aromatic rings. The zero-order valence-electron chi connectivity index (χ0n) is 16.0. The average molecular weight is 367 g/mol. The summed E-state index contributed by atoms with van der Waals surface area (Å²) in [5.41, 5.74) is 1.96. The molecule has 0 atom stereocenters. The molecule has 1 amide bonds. The lowest BCUT2D eigenvalue weighted by atomic mass is 10.2. The summed E-state index contributed by atoms with van der Waals surface area (Å²) >= 11 is 0. The number of nitrogens with zero attached hydrogens (tertiary/aromatic N) is 3. The van der Waals surface area contributed by atoms with Crippen LogP contribution in [0.5, 0.6) is 0 Å². The topological polar surface area (TPSA) is 92.2 Å². The number of fused-ring (bicyclic) bond motifs is 2. The van der Waals surface area contributed by atoms with E-state index in [1.54, 1.807) is 16.8 Å². The molecule has 142 valence electrons. The average Bonchev–Trinajstić information content (AvgIpc) is 2.65. The van der Waals surface area contributed by atoms with Gasteiger partial charge < -0.3 is 9.88 Å². The van der Waals surface area contributed by atoms with Crippen LogP contribution in [-0.4, -0.2) is 26.4 Å². The smallest absolute Gasteiger partial charge is 0.267 e. The fourth-order valence-corrected chi connectivity index (χ4v) is 3.18. The third-order valence-electron chi connectivity index (χ3n) is 4.64. The van der Waals surface area contributed by atoms with Crippen LogP contribution in [0.1, 0.15) is 49.0 Å². The van der Waals surface area contributed by atoms with Crippen molar-refractivity contribution in [2.24, 2.45) is 0 Å². The van der Waals surface area contributed by atoms with Crippen molar-refractivity contribution < 1.29 is 4.79 Å². The zero-order valence-corrected chi connectivity index (χ0v) is 16.0. The number of aryl methyl sites for hydroxylation is 2. The van der Waals surface area contributed by atoms with Crippen LogP contribution >= 0.6 is 0 Å². The van der Waals surface area contributed by atoms with E-state index in [1.807, 2.05) is 26.8 Å². The number of hydrogen-bond donors (Lipinski definition) is 2. The van der Waals surface area contributed by atoms with Gasteiger partial charge in [0.1, 0.15) is 16.8 Å². The molecule has 7 nitrogen and oxygen atoms in total. The summed E-state index contributed by atoms with van der Waals surface area (Å²) in [4.78, 5) is 30.3. The molecule has 2 N–H and O–H groups in total. The molecule has 0 unspecified atom stereocenters. The van der Waals surface area contributed by atoms with Crippen LogP contribution in [0.25, 0.3) is 16.7 Å². The number of hydrogen-bond acceptors (Lipinski definition) is 4. The van der Waals surface area contributed by atoms with Gasteiger partial charge in [0.2, 0.25) is 0 Å². The number of amides is 1. The van der Waals surface area contributed by atoms with E-state index in [1.165, 1.54) is 10.5 Å². The first-order chi connectivity index (χ1) is 13.0. The van der Waals surface area contributed by atoms with Crippen LogP contribution in [0.2, 0.25) is 0 Å². The standard InChI is InChI=1S/C20H25N5O2/c1-4-6-9-22-19(26)14-12-15-18(24(10-5-2)16(14)21)23-17-13(3)8-7-11-25(17)20(15)27/h7-8,11-12,21H,4-6,9-10H2,1-3H3,(H,22,26). The monoisotopic (exact) mass is 367 g/mol. The first kappa shape index (κ1) is 18.8. The third-order valence-corrected chi connectivity index (χ3v) is 4.64. The van der Waals surface area contributed by atoms with E-state index in [-0.39, 0.29) is 22.5 Å². The SMILES string of the molecule is CCCCNC(=O)c1cc2c(=O)n3cccc(C)c3nc2n(CCC)c1=N. The zero-order chi connectivity index (χ0) is 19.6. The van der Waals surface area contributed by atoms with Gasteiger partial charge in [-0.05, 0) is 37.5 Å². The van der Waals surface area contributed by atoms with Gasteiger partial charge in [0.15, 0.2) is 0 Å². The summed E-state index contributed by atoms with van der Waals surface area (Å²) < 4.78 is 3.16. The Hall–Kier alpha value is -2.96. The molecule has 0 radical (unpaired) electrons. The second-order valence-corrected chi connectivity index (χ2v) is 6.71. The van der Waals surface area contributed by atoms with E-state index >= 15 is 0 Å². The molecule has 0 aromatic carbocycles. The molecule has 0 fully saturated rings. The minimum atomic E-state index is -0.325. The number of unbranched alkanes of at least 4 members (excludes halogenated alkanes) is 1. The molecule has 0 aliphatic rings. The van der Waals surface area contributed by atoms with Crippen molar-refractivity contribution in [3.8, 4) is 0 Å². The Morgan fingerprint density at radius 2 is 2.04 bits per heavy atom. The van der Waals surface area contributed by atoms with Crippen molar-refractivity contribution in [1.29, 1.82) is 5.41 Å². The summed E-state index contributed by atoms with van der Waals surface area (Å²) in [7, 11) is 0. The van der Waals surface area contributed by atoms with Gasteiger partial charge >= 0.3 is 0 Å². The van der Waals surface area contributed by atoms with Gasteiger partial charge in [0.25, 0.3) is 11.5 Å². The normalized spacial score (nSPS) is 11.2. The molecule has 0 spiro atoms. The lowest BCUT2D eigenvalue weighted by Gasteiger charge is -2.14. The maximum absolute atomic E-state index is 13.1. The summed E-state index contributed by atoms with van der Waals surface area (Å²) in [6, 6.07) is 5.21. The minimum Gasteiger partial charge on any atom is -0.352 e. The Kier molecular flexibility index (Phi) is 5.39. The number of rotatable bonds is 6. The van der Waals surface area contributed by atoms with Gasteiger partial charge in [0.05, 0.1) is 10.9 Å². The van der Waals surface area contributed by atoms with Crippen molar-refractivity contribution in [3.05, 3.63) is 51.4 Å². The van der Waals surface area contributed by atoms with Gasteiger partial charge in [-0.3, -0.25) is 19.4 Å². The van der Waals surface area contributed by atoms with Crippen molar-refractivity contribution in [3.63, 3.8) is 0 Å². The molecule has 27 heavy (non-hydrogen) atoms. The van der Waals surface area contributed by atoms with E-state index in [4.69, 9.17) is 5.41 Å². The molecule has 7 heteroatoms. The first-order valence-electron chi connectivity index (χ1n) is 9.37. The summed E-state index contributed by atoms with van der Waals surface area (Å²) in [5, 5.41) is 11.7.